The summed E-state index contributed by atoms with van der Waals surface area (Å²) in [6, 6.07) is 16.2. The van der Waals surface area contributed by atoms with E-state index in [0.717, 1.165) is 11.1 Å². The van der Waals surface area contributed by atoms with Gasteiger partial charge in [-0.2, -0.15) is 4.31 Å². The first-order valence-corrected chi connectivity index (χ1v) is 10.6. The van der Waals surface area contributed by atoms with Crippen molar-refractivity contribution in [1.82, 2.24) is 4.31 Å². The number of carbonyl (C=O) groups is 1. The summed E-state index contributed by atoms with van der Waals surface area (Å²) in [5, 5.41) is 0. The largest absolute Gasteiger partial charge is 0.468 e. The maximum absolute atomic E-state index is 13.2. The van der Waals surface area contributed by atoms with E-state index in [1.165, 1.54) is 11.4 Å². The third-order valence-corrected chi connectivity index (χ3v) is 7.16. The minimum atomic E-state index is -3.68. The minimum absolute atomic E-state index is 0.182. The lowest BCUT2D eigenvalue weighted by Crippen LogP contribution is -2.39. The standard InChI is InChI=1S/C22H25NO4S/c1-17-9-11-20(12-10-17)28(25,26)23-14-13-22(21(24)27-3,15-18(2)16-23)19-7-5-4-6-8-19/h4-12H,2,13-16H2,1,3H3. The van der Waals surface area contributed by atoms with E-state index in [2.05, 4.69) is 6.58 Å². The highest BCUT2D eigenvalue weighted by Crippen LogP contribution is 2.39. The van der Waals surface area contributed by atoms with Gasteiger partial charge >= 0.3 is 5.97 Å². The van der Waals surface area contributed by atoms with Gasteiger partial charge in [-0.05, 0) is 37.5 Å². The van der Waals surface area contributed by atoms with Crippen molar-refractivity contribution in [3.63, 3.8) is 0 Å². The van der Waals surface area contributed by atoms with Crippen molar-refractivity contribution in [3.8, 4) is 0 Å². The number of sulfonamides is 1. The lowest BCUT2D eigenvalue weighted by Gasteiger charge is -2.30. The molecule has 1 unspecified atom stereocenters. The number of esters is 1. The summed E-state index contributed by atoms with van der Waals surface area (Å²) in [6.45, 7) is 6.37. The van der Waals surface area contributed by atoms with Gasteiger partial charge in [0.05, 0.1) is 17.4 Å². The van der Waals surface area contributed by atoms with Crippen LogP contribution in [0.3, 0.4) is 0 Å². The number of rotatable bonds is 4. The molecule has 1 atom stereocenters. The van der Waals surface area contributed by atoms with E-state index in [-0.39, 0.29) is 24.0 Å². The molecule has 5 nitrogen and oxygen atoms in total. The molecule has 0 bridgehead atoms. The highest BCUT2D eigenvalue weighted by atomic mass is 32.2. The van der Waals surface area contributed by atoms with Crippen LogP contribution in [-0.2, 0) is 25.0 Å². The SMILES string of the molecule is C=C1CN(S(=O)(=O)c2ccc(C)cc2)CCC(C(=O)OC)(c2ccccc2)C1. The Kier molecular flexibility index (Phi) is 5.72. The van der Waals surface area contributed by atoms with Crippen molar-refractivity contribution in [2.75, 3.05) is 20.2 Å². The summed E-state index contributed by atoms with van der Waals surface area (Å²) in [5.74, 6) is -0.366. The first kappa shape index (κ1) is 20.3. The van der Waals surface area contributed by atoms with Crippen LogP contribution in [0, 0.1) is 6.92 Å². The van der Waals surface area contributed by atoms with Crippen molar-refractivity contribution in [2.24, 2.45) is 0 Å². The molecule has 0 amide bonds. The molecule has 0 saturated carbocycles. The molecule has 0 radical (unpaired) electrons. The molecule has 6 heteroatoms. The third-order valence-electron chi connectivity index (χ3n) is 5.30. The maximum Gasteiger partial charge on any atom is 0.316 e. The second kappa shape index (κ2) is 7.89. The predicted octanol–water partition coefficient (Wildman–Crippen LogP) is 3.45. The van der Waals surface area contributed by atoms with E-state index in [1.54, 1.807) is 24.3 Å². The summed E-state index contributed by atoms with van der Waals surface area (Å²) >= 11 is 0. The topological polar surface area (TPSA) is 63.7 Å². The number of nitrogens with zero attached hydrogens (tertiary/aromatic N) is 1. The van der Waals surface area contributed by atoms with Crippen molar-refractivity contribution in [1.29, 1.82) is 0 Å². The van der Waals surface area contributed by atoms with E-state index in [4.69, 9.17) is 4.74 Å². The predicted molar refractivity (Wildman–Crippen MR) is 108 cm³/mol. The van der Waals surface area contributed by atoms with Crippen LogP contribution in [0.1, 0.15) is 24.0 Å². The molecule has 0 aliphatic carbocycles. The average Bonchev–Trinajstić information content (AvgIpc) is 2.88. The number of benzene rings is 2. The van der Waals surface area contributed by atoms with Crippen LogP contribution in [0.5, 0.6) is 0 Å². The molecular formula is C22H25NO4S. The minimum Gasteiger partial charge on any atom is -0.468 e. The van der Waals surface area contributed by atoms with Gasteiger partial charge in [-0.3, -0.25) is 4.79 Å². The number of ether oxygens (including phenoxy) is 1. The molecule has 0 aromatic heterocycles. The van der Waals surface area contributed by atoms with Gasteiger partial charge in [0.1, 0.15) is 0 Å². The van der Waals surface area contributed by atoms with Gasteiger partial charge in [-0.15, -0.1) is 0 Å². The Morgan fingerprint density at radius 1 is 1.11 bits per heavy atom. The fourth-order valence-corrected chi connectivity index (χ4v) is 5.23. The third kappa shape index (κ3) is 3.75. The highest BCUT2D eigenvalue weighted by Gasteiger charge is 2.45. The number of hydrogen-bond acceptors (Lipinski definition) is 4. The molecule has 1 aliphatic rings. The van der Waals surface area contributed by atoms with E-state index >= 15 is 0 Å². The van der Waals surface area contributed by atoms with E-state index in [1.807, 2.05) is 37.3 Å². The van der Waals surface area contributed by atoms with Crippen LogP contribution in [0.15, 0.2) is 71.6 Å². The second-order valence-corrected chi connectivity index (χ2v) is 9.21. The van der Waals surface area contributed by atoms with Gasteiger partial charge in [0, 0.05) is 13.1 Å². The zero-order valence-electron chi connectivity index (χ0n) is 16.2. The lowest BCUT2D eigenvalue weighted by molar-refractivity contribution is -0.147. The summed E-state index contributed by atoms with van der Waals surface area (Å²) in [5.41, 5.74) is 1.55. The van der Waals surface area contributed by atoms with Crippen LogP contribution in [0.4, 0.5) is 0 Å². The van der Waals surface area contributed by atoms with Gasteiger partial charge in [0.25, 0.3) is 0 Å². The molecule has 1 aliphatic heterocycles. The summed E-state index contributed by atoms with van der Waals surface area (Å²) in [7, 11) is -2.32. The Balaban J connectivity index is 1.98. The van der Waals surface area contributed by atoms with Gasteiger partial charge in [-0.25, -0.2) is 8.42 Å². The molecule has 1 heterocycles. The van der Waals surface area contributed by atoms with Crippen LogP contribution in [0.25, 0.3) is 0 Å². The van der Waals surface area contributed by atoms with E-state index < -0.39 is 15.4 Å². The van der Waals surface area contributed by atoms with Crippen molar-refractivity contribution in [2.45, 2.75) is 30.1 Å². The second-order valence-electron chi connectivity index (χ2n) is 7.27. The van der Waals surface area contributed by atoms with Crippen molar-refractivity contribution < 1.29 is 17.9 Å². The Morgan fingerprint density at radius 2 is 1.75 bits per heavy atom. The fourth-order valence-electron chi connectivity index (χ4n) is 3.77. The zero-order chi connectivity index (χ0) is 20.4. The van der Waals surface area contributed by atoms with E-state index in [0.29, 0.717) is 18.4 Å². The van der Waals surface area contributed by atoms with Gasteiger partial charge in [0.15, 0.2) is 0 Å². The first-order chi connectivity index (χ1) is 13.3. The Hall–Kier alpha value is -2.44. The van der Waals surface area contributed by atoms with Crippen molar-refractivity contribution >= 4 is 16.0 Å². The lowest BCUT2D eigenvalue weighted by atomic mass is 9.73. The Labute approximate surface area is 166 Å². The molecule has 0 N–H and O–H groups in total. The molecular weight excluding hydrogens is 374 g/mol. The molecule has 2 aromatic rings. The van der Waals surface area contributed by atoms with Gasteiger partial charge < -0.3 is 4.74 Å². The monoisotopic (exact) mass is 399 g/mol. The van der Waals surface area contributed by atoms with Crippen LogP contribution in [-0.4, -0.2) is 38.9 Å². The zero-order valence-corrected chi connectivity index (χ0v) is 17.0. The molecule has 1 saturated heterocycles. The van der Waals surface area contributed by atoms with Crippen LogP contribution >= 0.6 is 0 Å². The summed E-state index contributed by atoms with van der Waals surface area (Å²) in [6.07, 6.45) is 0.678. The number of carbonyl (C=O) groups excluding carboxylic acids is 1. The highest BCUT2D eigenvalue weighted by molar-refractivity contribution is 7.89. The molecule has 28 heavy (non-hydrogen) atoms. The summed E-state index contributed by atoms with van der Waals surface area (Å²) in [4.78, 5) is 13.1. The van der Waals surface area contributed by atoms with Gasteiger partial charge in [-0.1, -0.05) is 60.2 Å². The van der Waals surface area contributed by atoms with E-state index in [9.17, 15) is 13.2 Å². The summed E-state index contributed by atoms with van der Waals surface area (Å²) < 4.78 is 32.8. The average molecular weight is 400 g/mol. The number of methoxy groups -OCH3 is 1. The molecule has 148 valence electrons. The molecule has 3 rings (SSSR count). The Bertz CT molecular complexity index is 967. The molecule has 1 fully saturated rings. The normalized spacial score (nSPS) is 21.1. The van der Waals surface area contributed by atoms with Crippen molar-refractivity contribution in [3.05, 3.63) is 77.9 Å². The molecule has 0 spiro atoms. The first-order valence-electron chi connectivity index (χ1n) is 9.17. The van der Waals surface area contributed by atoms with Gasteiger partial charge in [0.2, 0.25) is 10.0 Å². The number of hydrogen-bond donors (Lipinski definition) is 0. The Morgan fingerprint density at radius 3 is 2.36 bits per heavy atom. The quantitative estimate of drug-likeness (QED) is 0.584. The maximum atomic E-state index is 13.2. The fraction of sp³-hybridized carbons (Fsp3) is 0.318. The van der Waals surface area contributed by atoms with Crippen LogP contribution < -0.4 is 0 Å². The number of aryl methyl sites for hydroxylation is 1. The van der Waals surface area contributed by atoms with Crippen LogP contribution in [0.2, 0.25) is 0 Å². The smallest absolute Gasteiger partial charge is 0.316 e. The molecule has 2 aromatic carbocycles.